The number of nitrogens with two attached hydrogens (primary N) is 1. The monoisotopic (exact) mass is 617 g/mol. The highest BCUT2D eigenvalue weighted by atomic mass is 32.2. The van der Waals surface area contributed by atoms with E-state index in [1.165, 1.54) is 6.92 Å². The summed E-state index contributed by atoms with van der Waals surface area (Å²) in [6.45, 7) is 3.95. The van der Waals surface area contributed by atoms with Gasteiger partial charge in [-0.25, -0.2) is 4.79 Å². The fourth-order valence-electron chi connectivity index (χ4n) is 4.48. The zero-order valence-electron chi connectivity index (χ0n) is 24.3. The number of hydrogen-bond donors (Lipinski definition) is 1. The van der Waals surface area contributed by atoms with Crippen LogP contribution in [0.2, 0.25) is 0 Å². The molecule has 3 rings (SSSR count). The van der Waals surface area contributed by atoms with Crippen LogP contribution in [0.1, 0.15) is 39.7 Å². The first-order chi connectivity index (χ1) is 20.4. The second kappa shape index (κ2) is 15.5. The van der Waals surface area contributed by atoms with Crippen molar-refractivity contribution < 1.29 is 52.4 Å². The molecule has 1 saturated heterocycles. The number of ether oxygens (including phenoxy) is 6. The van der Waals surface area contributed by atoms with E-state index < -0.39 is 71.8 Å². The van der Waals surface area contributed by atoms with Crippen molar-refractivity contribution in [1.82, 2.24) is 0 Å². The van der Waals surface area contributed by atoms with Crippen molar-refractivity contribution in [2.45, 2.75) is 81.0 Å². The third-order valence-electron chi connectivity index (χ3n) is 6.23. The lowest BCUT2D eigenvalue weighted by Gasteiger charge is -2.47. The zero-order valence-corrected chi connectivity index (χ0v) is 25.1. The summed E-state index contributed by atoms with van der Waals surface area (Å²) in [5.41, 5.74) is 7.26. The number of thioether (sulfide) groups is 1. The van der Waals surface area contributed by atoms with Crippen LogP contribution in [0.25, 0.3) is 0 Å². The van der Waals surface area contributed by atoms with Crippen molar-refractivity contribution in [2.24, 2.45) is 5.73 Å². The quantitative estimate of drug-likeness (QED) is 0.273. The zero-order chi connectivity index (χ0) is 31.6. The van der Waals surface area contributed by atoms with Gasteiger partial charge in [-0.2, -0.15) is 0 Å². The van der Waals surface area contributed by atoms with E-state index in [4.69, 9.17) is 34.2 Å². The highest BCUT2D eigenvalue weighted by Gasteiger charge is 2.57. The molecule has 6 atom stereocenters. The molecule has 0 amide bonds. The molecular weight excluding hydrogens is 582 g/mol. The molecule has 232 valence electrons. The maximum absolute atomic E-state index is 14.0. The molecule has 13 heteroatoms. The predicted octanol–water partition coefficient (Wildman–Crippen LogP) is 2.69. The highest BCUT2D eigenvalue weighted by Crippen LogP contribution is 2.45. The van der Waals surface area contributed by atoms with Crippen LogP contribution in [0.15, 0.2) is 65.6 Å². The molecule has 0 aliphatic carbocycles. The first-order valence-corrected chi connectivity index (χ1v) is 14.3. The van der Waals surface area contributed by atoms with Gasteiger partial charge in [0.1, 0.15) is 25.4 Å². The van der Waals surface area contributed by atoms with Gasteiger partial charge in [0.05, 0.1) is 6.04 Å². The van der Waals surface area contributed by atoms with Crippen LogP contribution in [-0.2, 0) is 59.0 Å². The Morgan fingerprint density at radius 3 is 2.02 bits per heavy atom. The van der Waals surface area contributed by atoms with E-state index in [0.717, 1.165) is 32.5 Å². The molecular formula is C30H35NO11S. The number of benzene rings is 2. The minimum atomic E-state index is -1.88. The van der Waals surface area contributed by atoms with Gasteiger partial charge in [0.25, 0.3) is 0 Å². The molecule has 1 aliphatic heterocycles. The van der Waals surface area contributed by atoms with E-state index in [9.17, 15) is 24.0 Å². The van der Waals surface area contributed by atoms with Crippen LogP contribution in [0.3, 0.4) is 0 Å². The Morgan fingerprint density at radius 1 is 0.860 bits per heavy atom. The molecule has 1 fully saturated rings. The molecule has 1 heterocycles. The van der Waals surface area contributed by atoms with Crippen molar-refractivity contribution in [3.63, 3.8) is 0 Å². The molecule has 1 aliphatic rings. The summed E-state index contributed by atoms with van der Waals surface area (Å²) in [6.07, 6.45) is -5.67. The number of hydrogen-bond acceptors (Lipinski definition) is 13. The maximum Gasteiger partial charge on any atom is 0.349 e. The summed E-state index contributed by atoms with van der Waals surface area (Å²) >= 11 is 0.995. The van der Waals surface area contributed by atoms with Crippen LogP contribution in [-0.4, -0.2) is 71.8 Å². The summed E-state index contributed by atoms with van der Waals surface area (Å²) in [7, 11) is 0. The van der Waals surface area contributed by atoms with Crippen molar-refractivity contribution in [3.8, 4) is 0 Å². The summed E-state index contributed by atoms with van der Waals surface area (Å²) < 4.78 is 33.7. The summed E-state index contributed by atoms with van der Waals surface area (Å²) in [4.78, 5) is 60.8. The van der Waals surface area contributed by atoms with Crippen molar-refractivity contribution in [1.29, 1.82) is 0 Å². The fraction of sp³-hybridized carbons (Fsp3) is 0.433. The predicted molar refractivity (Wildman–Crippen MR) is 152 cm³/mol. The van der Waals surface area contributed by atoms with E-state index in [0.29, 0.717) is 10.5 Å². The molecule has 2 N–H and O–H groups in total. The average molecular weight is 618 g/mol. The molecule has 0 aromatic heterocycles. The highest BCUT2D eigenvalue weighted by molar-refractivity contribution is 8.01. The lowest BCUT2D eigenvalue weighted by molar-refractivity contribution is -0.222. The van der Waals surface area contributed by atoms with Crippen LogP contribution >= 0.6 is 11.8 Å². The van der Waals surface area contributed by atoms with Crippen LogP contribution in [0.5, 0.6) is 0 Å². The smallest absolute Gasteiger partial charge is 0.349 e. The Balaban J connectivity index is 2.11. The van der Waals surface area contributed by atoms with Gasteiger partial charge in [0.2, 0.25) is 4.93 Å². The number of carbonyl (C=O) groups excluding carboxylic acids is 5. The minimum Gasteiger partial charge on any atom is -0.462 e. The molecule has 0 radical (unpaired) electrons. The van der Waals surface area contributed by atoms with Gasteiger partial charge in [-0.1, -0.05) is 60.3 Å². The summed E-state index contributed by atoms with van der Waals surface area (Å²) in [5.74, 6) is -3.77. The van der Waals surface area contributed by atoms with Crippen LogP contribution < -0.4 is 5.73 Å². The first kappa shape index (κ1) is 33.6. The molecule has 12 nitrogen and oxygen atoms in total. The van der Waals surface area contributed by atoms with E-state index in [1.807, 2.05) is 6.07 Å². The first-order valence-electron chi connectivity index (χ1n) is 13.4. The Labute approximate surface area is 253 Å². The Hall–Kier alpha value is -3.94. The maximum atomic E-state index is 14.0. The second-order valence-electron chi connectivity index (χ2n) is 9.77. The third kappa shape index (κ3) is 9.80. The van der Waals surface area contributed by atoms with Gasteiger partial charge in [-0.15, -0.1) is 0 Å². The Morgan fingerprint density at radius 2 is 1.47 bits per heavy atom. The summed E-state index contributed by atoms with van der Waals surface area (Å²) in [5, 5.41) is 0. The van der Waals surface area contributed by atoms with Crippen molar-refractivity contribution >= 4 is 41.6 Å². The van der Waals surface area contributed by atoms with E-state index >= 15 is 0 Å². The Bertz CT molecular complexity index is 1280. The molecule has 0 bridgehead atoms. The topological polar surface area (TPSA) is 167 Å². The second-order valence-corrected chi connectivity index (χ2v) is 11.1. The standard InChI is InChI=1S/C30H35NO11S/c1-18(32)37-17-25(40-20(3)34)27(41-21(4)35)28-26(31)24(39-19(2)33)15-30(42-28,43-23-13-9-6-10-14-23)29(36)38-16-22-11-7-5-8-12-22/h5-14,24-28H,15-17,31H2,1-4H3/t24-,25+,26+,27+,28?,30+/m0/s1. The summed E-state index contributed by atoms with van der Waals surface area (Å²) in [6, 6.07) is 16.6. The lowest BCUT2D eigenvalue weighted by atomic mass is 9.90. The van der Waals surface area contributed by atoms with Gasteiger partial charge in [0, 0.05) is 39.0 Å². The number of esters is 5. The molecule has 2 aromatic rings. The van der Waals surface area contributed by atoms with Crippen LogP contribution in [0.4, 0.5) is 0 Å². The van der Waals surface area contributed by atoms with Crippen molar-refractivity contribution in [3.05, 3.63) is 66.2 Å². The third-order valence-corrected chi connectivity index (χ3v) is 7.50. The molecule has 2 aromatic carbocycles. The van der Waals surface area contributed by atoms with Gasteiger partial charge >= 0.3 is 29.8 Å². The normalized spacial score (nSPS) is 22.8. The lowest BCUT2D eigenvalue weighted by Crippen LogP contribution is -2.66. The van der Waals surface area contributed by atoms with Crippen molar-refractivity contribution in [2.75, 3.05) is 6.61 Å². The minimum absolute atomic E-state index is 0.0923. The molecule has 43 heavy (non-hydrogen) atoms. The largest absolute Gasteiger partial charge is 0.462 e. The van der Waals surface area contributed by atoms with Gasteiger partial charge < -0.3 is 34.2 Å². The van der Waals surface area contributed by atoms with Crippen LogP contribution in [0, 0.1) is 0 Å². The van der Waals surface area contributed by atoms with Gasteiger partial charge in [0.15, 0.2) is 12.2 Å². The van der Waals surface area contributed by atoms with Gasteiger partial charge in [-0.05, 0) is 17.7 Å². The van der Waals surface area contributed by atoms with Gasteiger partial charge in [-0.3, -0.25) is 19.2 Å². The van der Waals surface area contributed by atoms with E-state index in [1.54, 1.807) is 54.6 Å². The Kier molecular flexibility index (Phi) is 12.1. The fourth-order valence-corrected chi connectivity index (χ4v) is 5.71. The number of carbonyl (C=O) groups is 5. The number of rotatable bonds is 12. The SMILES string of the molecule is CC(=O)OC[C@@H](OC(C)=O)[C@@H](OC(C)=O)C1O[C@](Sc2ccccc2)(C(=O)OCc2ccccc2)C[C@H](OC(C)=O)[C@H]1N. The molecule has 0 saturated carbocycles. The molecule has 0 spiro atoms. The average Bonchev–Trinajstić information content (AvgIpc) is 2.95. The van der Waals surface area contributed by atoms with E-state index in [-0.39, 0.29) is 13.0 Å². The molecule has 1 unspecified atom stereocenters. The van der Waals surface area contributed by atoms with E-state index in [2.05, 4.69) is 0 Å².